The molecule has 1 rings (SSSR count). The van der Waals surface area contributed by atoms with E-state index < -0.39 is 18.8 Å². The van der Waals surface area contributed by atoms with Crippen molar-refractivity contribution in [3.8, 4) is 0 Å². The van der Waals surface area contributed by atoms with Crippen LogP contribution in [0, 0.1) is 11.6 Å². The van der Waals surface area contributed by atoms with Gasteiger partial charge < -0.3 is 9.31 Å². The molecular formula is C8H9BF2O2. The molecule has 5 heteroatoms. The highest BCUT2D eigenvalue weighted by Crippen LogP contribution is 2.03. The standard InChI is InChI=1S/C8H9BF2O2/c1-12-9(13-2)6-4-3-5-7(10)8(6)11/h3-5H,1-2H3. The Morgan fingerprint density at radius 1 is 1.15 bits per heavy atom. The fraction of sp³-hybridized carbons (Fsp3) is 0.250. The summed E-state index contributed by atoms with van der Waals surface area (Å²) in [5.41, 5.74) is 0.0602. The third kappa shape index (κ3) is 2.05. The molecule has 2 nitrogen and oxygen atoms in total. The van der Waals surface area contributed by atoms with E-state index in [1.54, 1.807) is 0 Å². The highest BCUT2D eigenvalue weighted by molar-refractivity contribution is 6.61. The van der Waals surface area contributed by atoms with Gasteiger partial charge in [0, 0.05) is 19.7 Å². The van der Waals surface area contributed by atoms with Gasteiger partial charge in [-0.3, -0.25) is 0 Å². The van der Waals surface area contributed by atoms with Crippen LogP contribution in [-0.2, 0) is 9.31 Å². The maximum atomic E-state index is 13.1. The number of halogens is 2. The lowest BCUT2D eigenvalue weighted by Gasteiger charge is -2.09. The molecule has 0 atom stereocenters. The van der Waals surface area contributed by atoms with Gasteiger partial charge in [-0.15, -0.1) is 0 Å². The van der Waals surface area contributed by atoms with E-state index in [4.69, 9.17) is 9.31 Å². The van der Waals surface area contributed by atoms with Crippen LogP contribution in [0.4, 0.5) is 8.78 Å². The average molecular weight is 186 g/mol. The molecule has 0 aliphatic heterocycles. The second kappa shape index (κ2) is 4.34. The molecule has 0 saturated carbocycles. The molecule has 0 aliphatic rings. The number of benzene rings is 1. The molecule has 70 valence electrons. The summed E-state index contributed by atoms with van der Waals surface area (Å²) in [5, 5.41) is 0. The highest BCUT2D eigenvalue weighted by Gasteiger charge is 2.23. The summed E-state index contributed by atoms with van der Waals surface area (Å²) in [5.74, 6) is -1.84. The monoisotopic (exact) mass is 186 g/mol. The average Bonchev–Trinajstić information content (AvgIpc) is 2.14. The SMILES string of the molecule is COB(OC)c1cccc(F)c1F. The third-order valence-corrected chi connectivity index (χ3v) is 1.66. The van der Waals surface area contributed by atoms with Crippen molar-refractivity contribution in [3.63, 3.8) is 0 Å². The van der Waals surface area contributed by atoms with Crippen LogP contribution in [0.25, 0.3) is 0 Å². The summed E-state index contributed by atoms with van der Waals surface area (Å²) in [6.07, 6.45) is 0. The molecule has 0 heterocycles. The van der Waals surface area contributed by atoms with Crippen molar-refractivity contribution in [2.75, 3.05) is 14.2 Å². The predicted octanol–water partition coefficient (Wildman–Crippen LogP) is 0.953. The van der Waals surface area contributed by atoms with Crippen molar-refractivity contribution < 1.29 is 18.1 Å². The third-order valence-electron chi connectivity index (χ3n) is 1.66. The molecule has 0 N–H and O–H groups in total. The summed E-state index contributed by atoms with van der Waals surface area (Å²) in [6, 6.07) is 3.86. The van der Waals surface area contributed by atoms with Gasteiger partial charge in [-0.1, -0.05) is 12.1 Å². The Kier molecular flexibility index (Phi) is 3.39. The lowest BCUT2D eigenvalue weighted by Crippen LogP contribution is -2.37. The lowest BCUT2D eigenvalue weighted by atomic mass is 9.78. The molecule has 0 saturated heterocycles. The van der Waals surface area contributed by atoms with Crippen molar-refractivity contribution in [3.05, 3.63) is 29.8 Å². The summed E-state index contributed by atoms with van der Waals surface area (Å²) in [6.45, 7) is 0. The zero-order valence-corrected chi connectivity index (χ0v) is 7.38. The molecule has 1 aromatic rings. The first-order chi connectivity index (χ1) is 6.20. The molecule has 0 aromatic heterocycles. The van der Waals surface area contributed by atoms with Crippen LogP contribution >= 0.6 is 0 Å². The highest BCUT2D eigenvalue weighted by atomic mass is 19.2. The molecule has 0 radical (unpaired) electrons. The molecule has 0 spiro atoms. The Morgan fingerprint density at radius 3 is 2.31 bits per heavy atom. The van der Waals surface area contributed by atoms with Crippen LogP contribution in [0.15, 0.2) is 18.2 Å². The van der Waals surface area contributed by atoms with E-state index in [1.165, 1.54) is 26.4 Å². The van der Waals surface area contributed by atoms with Gasteiger partial charge in [0.1, 0.15) is 0 Å². The van der Waals surface area contributed by atoms with Gasteiger partial charge in [0.15, 0.2) is 11.6 Å². The van der Waals surface area contributed by atoms with Gasteiger partial charge in [-0.05, 0) is 6.07 Å². The molecule has 0 amide bonds. The Hall–Kier alpha value is -0.935. The van der Waals surface area contributed by atoms with Gasteiger partial charge in [-0.2, -0.15) is 0 Å². The van der Waals surface area contributed by atoms with E-state index in [9.17, 15) is 8.78 Å². The normalized spacial score (nSPS) is 10.2. The van der Waals surface area contributed by atoms with Crippen LogP contribution in [0.3, 0.4) is 0 Å². The Morgan fingerprint density at radius 2 is 1.77 bits per heavy atom. The smallest absolute Gasteiger partial charge is 0.410 e. The van der Waals surface area contributed by atoms with E-state index in [2.05, 4.69) is 0 Å². The van der Waals surface area contributed by atoms with Crippen LogP contribution in [-0.4, -0.2) is 21.3 Å². The van der Waals surface area contributed by atoms with E-state index in [0.29, 0.717) is 0 Å². The number of rotatable bonds is 3. The van der Waals surface area contributed by atoms with Crippen LogP contribution in [0.1, 0.15) is 0 Å². The van der Waals surface area contributed by atoms with Gasteiger partial charge in [0.05, 0.1) is 0 Å². The van der Waals surface area contributed by atoms with Gasteiger partial charge in [0.25, 0.3) is 0 Å². The first-order valence-corrected chi connectivity index (χ1v) is 3.70. The van der Waals surface area contributed by atoms with E-state index in [-0.39, 0.29) is 5.46 Å². The molecule has 1 aromatic carbocycles. The van der Waals surface area contributed by atoms with Crippen molar-refractivity contribution in [2.24, 2.45) is 0 Å². The van der Waals surface area contributed by atoms with Gasteiger partial charge in [-0.25, -0.2) is 8.78 Å². The largest absolute Gasteiger partial charge is 0.496 e. The number of hydrogen-bond acceptors (Lipinski definition) is 2. The molecule has 0 unspecified atom stereocenters. The summed E-state index contributed by atoms with van der Waals surface area (Å²) in [7, 11) is 1.85. The number of hydrogen-bond donors (Lipinski definition) is 0. The minimum absolute atomic E-state index is 0.0602. The molecular weight excluding hydrogens is 177 g/mol. The minimum Gasteiger partial charge on any atom is -0.410 e. The first-order valence-electron chi connectivity index (χ1n) is 3.70. The lowest BCUT2D eigenvalue weighted by molar-refractivity contribution is 0.290. The molecule has 0 fully saturated rings. The van der Waals surface area contributed by atoms with Crippen molar-refractivity contribution in [1.29, 1.82) is 0 Å². The Balaban J connectivity index is 3.05. The second-order valence-corrected chi connectivity index (χ2v) is 2.45. The first kappa shape index (κ1) is 10.1. The fourth-order valence-corrected chi connectivity index (χ4v) is 1.05. The molecule has 0 bridgehead atoms. The quantitative estimate of drug-likeness (QED) is 0.654. The van der Waals surface area contributed by atoms with E-state index >= 15 is 0 Å². The van der Waals surface area contributed by atoms with Gasteiger partial charge >= 0.3 is 7.12 Å². The van der Waals surface area contributed by atoms with E-state index in [0.717, 1.165) is 6.07 Å². The predicted molar refractivity (Wildman–Crippen MR) is 45.8 cm³/mol. The van der Waals surface area contributed by atoms with Crippen molar-refractivity contribution in [2.45, 2.75) is 0 Å². The van der Waals surface area contributed by atoms with Crippen LogP contribution in [0.2, 0.25) is 0 Å². The van der Waals surface area contributed by atoms with E-state index in [1.807, 2.05) is 0 Å². The maximum absolute atomic E-state index is 13.1. The Bertz CT molecular complexity index is 289. The van der Waals surface area contributed by atoms with Crippen molar-refractivity contribution >= 4 is 12.6 Å². The topological polar surface area (TPSA) is 18.5 Å². The minimum atomic E-state index is -0.934. The zero-order valence-electron chi connectivity index (χ0n) is 7.38. The summed E-state index contributed by atoms with van der Waals surface area (Å²) < 4.78 is 35.4. The van der Waals surface area contributed by atoms with Crippen LogP contribution in [0.5, 0.6) is 0 Å². The molecule has 0 aliphatic carbocycles. The maximum Gasteiger partial charge on any atom is 0.496 e. The summed E-state index contributed by atoms with van der Waals surface area (Å²) >= 11 is 0. The Labute approximate surface area is 75.6 Å². The zero-order chi connectivity index (χ0) is 9.84. The van der Waals surface area contributed by atoms with Crippen molar-refractivity contribution in [1.82, 2.24) is 0 Å². The summed E-state index contributed by atoms with van der Waals surface area (Å²) in [4.78, 5) is 0. The van der Waals surface area contributed by atoms with Crippen LogP contribution < -0.4 is 5.46 Å². The van der Waals surface area contributed by atoms with Gasteiger partial charge in [0.2, 0.25) is 0 Å². The second-order valence-electron chi connectivity index (χ2n) is 2.45. The molecule has 13 heavy (non-hydrogen) atoms. The fourth-order valence-electron chi connectivity index (χ4n) is 1.05.